The smallest absolute Gasteiger partial charge is 0.247 e. The van der Waals surface area contributed by atoms with Gasteiger partial charge < -0.3 is 19.7 Å². The molecule has 1 atom stereocenters. The van der Waals surface area contributed by atoms with Gasteiger partial charge in [0.1, 0.15) is 18.1 Å². The second kappa shape index (κ2) is 11.3. The Bertz CT molecular complexity index is 1420. The van der Waals surface area contributed by atoms with Crippen molar-refractivity contribution in [3.63, 3.8) is 0 Å². The Morgan fingerprint density at radius 2 is 1.84 bits per heavy atom. The maximum absolute atomic E-state index is 14.0. The van der Waals surface area contributed by atoms with Crippen molar-refractivity contribution in [2.24, 2.45) is 5.92 Å². The maximum Gasteiger partial charge on any atom is 0.247 e. The number of para-hydroxylation sites is 1. The van der Waals surface area contributed by atoms with Gasteiger partial charge in [-0.05, 0) is 59.9 Å². The monoisotopic (exact) mass is 514 g/mol. The third-order valence-electron chi connectivity index (χ3n) is 6.42. The lowest BCUT2D eigenvalue weighted by Gasteiger charge is -2.31. The highest BCUT2D eigenvalue weighted by Gasteiger charge is 2.32. The van der Waals surface area contributed by atoms with E-state index in [4.69, 9.17) is 9.47 Å². The van der Waals surface area contributed by atoms with Gasteiger partial charge >= 0.3 is 0 Å². The zero-order chi connectivity index (χ0) is 26.5. The summed E-state index contributed by atoms with van der Waals surface area (Å²) in [6.07, 6.45) is 4.08. The summed E-state index contributed by atoms with van der Waals surface area (Å²) in [4.78, 5) is 33.3. The molecule has 2 aromatic carbocycles. The van der Waals surface area contributed by atoms with Crippen LogP contribution in [0.3, 0.4) is 0 Å². The fourth-order valence-electron chi connectivity index (χ4n) is 4.41. The number of amides is 2. The topological polar surface area (TPSA) is 111 Å². The molecule has 2 aromatic heterocycles. The highest BCUT2D eigenvalue weighted by atomic mass is 16.7. The molecule has 0 spiro atoms. The number of pyridine rings is 1. The summed E-state index contributed by atoms with van der Waals surface area (Å²) >= 11 is 0. The molecule has 3 heterocycles. The zero-order valence-electron chi connectivity index (χ0n) is 21.4. The maximum atomic E-state index is 14.0. The van der Waals surface area contributed by atoms with E-state index in [2.05, 4.69) is 34.5 Å². The van der Waals surface area contributed by atoms with Crippen LogP contribution in [0.1, 0.15) is 37.4 Å². The zero-order valence-corrected chi connectivity index (χ0v) is 21.4. The number of carbonyl (C=O) groups excluding carboxylic acids is 2. The van der Waals surface area contributed by atoms with E-state index >= 15 is 0 Å². The van der Waals surface area contributed by atoms with Crippen molar-refractivity contribution in [3.8, 4) is 11.5 Å². The van der Waals surface area contributed by atoms with E-state index in [-0.39, 0.29) is 31.7 Å². The third-order valence-corrected chi connectivity index (χ3v) is 6.42. The Labute approximate surface area is 220 Å². The molecule has 0 aliphatic carbocycles. The van der Waals surface area contributed by atoms with Crippen LogP contribution >= 0.6 is 0 Å². The Morgan fingerprint density at radius 3 is 2.66 bits per heavy atom. The summed E-state index contributed by atoms with van der Waals surface area (Å²) in [5.41, 5.74) is 2.91. The van der Waals surface area contributed by atoms with Gasteiger partial charge in [-0.25, -0.2) is 4.68 Å². The standard InChI is InChI=1S/C28H30N6O4/c1-19(2)9-14-30-28(36)27(21-10-12-29-13-11-21)33(16-20-7-8-24-25(15-20)38-18-37-24)26(35)17-34-23-6-4-3-5-22(23)31-32-34/h3-8,10-13,15,19,27H,9,14,16-18H2,1-2H3,(H,30,36)/t27-/m0/s1. The van der Waals surface area contributed by atoms with Gasteiger partial charge in [0.25, 0.3) is 0 Å². The molecule has 0 fully saturated rings. The van der Waals surface area contributed by atoms with Gasteiger partial charge in [-0.2, -0.15) is 0 Å². The normalized spacial score (nSPS) is 13.0. The Hall–Kier alpha value is -4.47. The van der Waals surface area contributed by atoms with Crippen LogP contribution in [-0.2, 0) is 22.7 Å². The Morgan fingerprint density at radius 1 is 1.05 bits per heavy atom. The second-order valence-corrected chi connectivity index (χ2v) is 9.60. The number of rotatable bonds is 10. The van der Waals surface area contributed by atoms with Gasteiger partial charge in [0.15, 0.2) is 11.5 Å². The van der Waals surface area contributed by atoms with Crippen molar-refractivity contribution >= 4 is 22.8 Å². The van der Waals surface area contributed by atoms with Crippen molar-refractivity contribution in [1.82, 2.24) is 30.2 Å². The van der Waals surface area contributed by atoms with E-state index in [9.17, 15) is 9.59 Å². The highest BCUT2D eigenvalue weighted by Crippen LogP contribution is 2.34. The number of nitrogens with zero attached hydrogens (tertiary/aromatic N) is 5. The van der Waals surface area contributed by atoms with Gasteiger partial charge in [-0.15, -0.1) is 5.10 Å². The minimum Gasteiger partial charge on any atom is -0.454 e. The van der Waals surface area contributed by atoms with Gasteiger partial charge in [0.2, 0.25) is 18.6 Å². The predicted molar refractivity (Wildman–Crippen MR) is 140 cm³/mol. The van der Waals surface area contributed by atoms with Crippen molar-refractivity contribution in [2.45, 2.75) is 39.4 Å². The van der Waals surface area contributed by atoms with Crippen LogP contribution in [0.4, 0.5) is 0 Å². The average Bonchev–Trinajstić information content (AvgIpc) is 3.55. The van der Waals surface area contributed by atoms with Crippen LogP contribution in [0, 0.1) is 5.92 Å². The lowest BCUT2D eigenvalue weighted by atomic mass is 10.0. The highest BCUT2D eigenvalue weighted by molar-refractivity contribution is 5.89. The average molecular weight is 515 g/mol. The molecule has 10 heteroatoms. The fraction of sp³-hybridized carbons (Fsp3) is 0.321. The van der Waals surface area contributed by atoms with E-state index in [1.807, 2.05) is 42.5 Å². The molecule has 0 radical (unpaired) electrons. The van der Waals surface area contributed by atoms with Crippen molar-refractivity contribution < 1.29 is 19.1 Å². The van der Waals surface area contributed by atoms with E-state index in [1.54, 1.807) is 34.1 Å². The molecule has 1 aliphatic rings. The molecule has 5 rings (SSSR count). The first-order valence-electron chi connectivity index (χ1n) is 12.6. The van der Waals surface area contributed by atoms with Crippen molar-refractivity contribution in [2.75, 3.05) is 13.3 Å². The molecular weight excluding hydrogens is 484 g/mol. The summed E-state index contributed by atoms with van der Waals surface area (Å²) < 4.78 is 12.6. The predicted octanol–water partition coefficient (Wildman–Crippen LogP) is 3.49. The summed E-state index contributed by atoms with van der Waals surface area (Å²) in [6.45, 7) is 4.96. The van der Waals surface area contributed by atoms with Crippen LogP contribution < -0.4 is 14.8 Å². The molecule has 38 heavy (non-hydrogen) atoms. The summed E-state index contributed by atoms with van der Waals surface area (Å²) in [6, 6.07) is 15.6. The number of ether oxygens (including phenoxy) is 2. The SMILES string of the molecule is CC(C)CCNC(=O)[C@H](c1ccncc1)N(Cc1ccc2c(c1)OCO2)C(=O)Cn1nnc2ccccc21. The Kier molecular flexibility index (Phi) is 7.48. The molecule has 1 aliphatic heterocycles. The van der Waals surface area contributed by atoms with Gasteiger partial charge in [-0.1, -0.05) is 37.3 Å². The fourth-order valence-corrected chi connectivity index (χ4v) is 4.41. The first kappa shape index (κ1) is 25.2. The molecule has 0 saturated heterocycles. The van der Waals surface area contributed by atoms with E-state index < -0.39 is 6.04 Å². The first-order valence-corrected chi connectivity index (χ1v) is 12.6. The Balaban J connectivity index is 1.50. The minimum atomic E-state index is -0.877. The van der Waals surface area contributed by atoms with E-state index in [1.165, 1.54) is 0 Å². The van der Waals surface area contributed by atoms with Crippen LogP contribution in [0.15, 0.2) is 67.0 Å². The number of hydrogen-bond acceptors (Lipinski definition) is 7. The van der Waals surface area contributed by atoms with Gasteiger partial charge in [0.05, 0.1) is 5.52 Å². The molecule has 4 aromatic rings. The van der Waals surface area contributed by atoms with Crippen LogP contribution in [0.5, 0.6) is 11.5 Å². The molecule has 2 amide bonds. The van der Waals surface area contributed by atoms with Gasteiger partial charge in [0, 0.05) is 25.5 Å². The molecule has 196 valence electrons. The minimum absolute atomic E-state index is 0.0775. The van der Waals surface area contributed by atoms with Crippen molar-refractivity contribution in [3.05, 3.63) is 78.1 Å². The second-order valence-electron chi connectivity index (χ2n) is 9.60. The lowest BCUT2D eigenvalue weighted by Crippen LogP contribution is -2.45. The number of carbonyl (C=O) groups is 2. The third kappa shape index (κ3) is 5.59. The number of aromatic nitrogens is 4. The largest absolute Gasteiger partial charge is 0.454 e. The van der Waals surface area contributed by atoms with E-state index in [0.29, 0.717) is 35.0 Å². The summed E-state index contributed by atoms with van der Waals surface area (Å²) in [7, 11) is 0. The van der Waals surface area contributed by atoms with Gasteiger partial charge in [-0.3, -0.25) is 14.6 Å². The quantitative estimate of drug-likeness (QED) is 0.345. The number of benzene rings is 2. The number of nitrogens with one attached hydrogen (secondary N) is 1. The molecular formula is C28H30N6O4. The summed E-state index contributed by atoms with van der Waals surface area (Å²) in [5.74, 6) is 1.16. The number of hydrogen-bond donors (Lipinski definition) is 1. The molecule has 1 N–H and O–H groups in total. The molecule has 10 nitrogen and oxygen atoms in total. The van der Waals surface area contributed by atoms with Crippen molar-refractivity contribution in [1.29, 1.82) is 0 Å². The molecule has 0 unspecified atom stereocenters. The van der Waals surface area contributed by atoms with Crippen LogP contribution in [0.2, 0.25) is 0 Å². The molecule has 0 saturated carbocycles. The van der Waals surface area contributed by atoms with Crippen LogP contribution in [0.25, 0.3) is 11.0 Å². The first-order chi connectivity index (χ1) is 18.5. The summed E-state index contributed by atoms with van der Waals surface area (Å²) in [5, 5.41) is 11.4. The van der Waals surface area contributed by atoms with E-state index in [0.717, 1.165) is 17.5 Å². The molecule has 0 bridgehead atoms. The lowest BCUT2D eigenvalue weighted by molar-refractivity contribution is -0.142. The number of fused-ring (bicyclic) bond motifs is 2. The van der Waals surface area contributed by atoms with Crippen LogP contribution in [-0.4, -0.2) is 50.0 Å².